The fourth-order valence-electron chi connectivity index (χ4n) is 2.26. The van der Waals surface area contributed by atoms with E-state index in [2.05, 4.69) is 10.3 Å². The monoisotopic (exact) mass is 277 g/mol. The maximum absolute atomic E-state index is 11.9. The van der Waals surface area contributed by atoms with Gasteiger partial charge in [0.25, 0.3) is 5.91 Å². The summed E-state index contributed by atoms with van der Waals surface area (Å²) in [4.78, 5) is 27.1. The molecule has 0 saturated heterocycles. The number of hydrogen-bond donors (Lipinski definition) is 2. The number of imide groups is 1. The summed E-state index contributed by atoms with van der Waals surface area (Å²) in [7, 11) is 0. The SMILES string of the molecule is NCC(=O)NC(=O)c1ncccc1OC1CCCCC1. The van der Waals surface area contributed by atoms with E-state index in [1.165, 1.54) is 12.6 Å². The van der Waals surface area contributed by atoms with Crippen LogP contribution in [0.3, 0.4) is 0 Å². The van der Waals surface area contributed by atoms with Gasteiger partial charge in [-0.25, -0.2) is 4.98 Å². The molecule has 0 bridgehead atoms. The Balaban J connectivity index is 2.08. The lowest BCUT2D eigenvalue weighted by atomic mass is 9.98. The van der Waals surface area contributed by atoms with E-state index in [0.29, 0.717) is 5.75 Å². The number of hydrogen-bond acceptors (Lipinski definition) is 5. The van der Waals surface area contributed by atoms with Gasteiger partial charge in [-0.2, -0.15) is 0 Å². The molecule has 6 heteroatoms. The summed E-state index contributed by atoms with van der Waals surface area (Å²) in [6, 6.07) is 3.41. The number of carbonyl (C=O) groups excluding carboxylic acids is 2. The van der Waals surface area contributed by atoms with Gasteiger partial charge in [-0.15, -0.1) is 0 Å². The van der Waals surface area contributed by atoms with Crippen LogP contribution in [0, 0.1) is 0 Å². The number of rotatable bonds is 4. The smallest absolute Gasteiger partial charge is 0.280 e. The van der Waals surface area contributed by atoms with Crippen LogP contribution in [0.5, 0.6) is 5.75 Å². The number of nitrogens with two attached hydrogens (primary N) is 1. The van der Waals surface area contributed by atoms with Gasteiger partial charge in [-0.1, -0.05) is 6.42 Å². The molecule has 2 amide bonds. The number of nitrogens with zero attached hydrogens (tertiary/aromatic N) is 1. The third-order valence-corrected chi connectivity index (χ3v) is 3.27. The molecule has 0 aliphatic heterocycles. The first kappa shape index (κ1) is 14.5. The van der Waals surface area contributed by atoms with Crippen molar-refractivity contribution in [3.63, 3.8) is 0 Å². The van der Waals surface area contributed by atoms with Gasteiger partial charge in [0.05, 0.1) is 12.6 Å². The topological polar surface area (TPSA) is 94.3 Å². The second-order valence-electron chi connectivity index (χ2n) is 4.81. The van der Waals surface area contributed by atoms with Gasteiger partial charge in [-0.3, -0.25) is 14.9 Å². The van der Waals surface area contributed by atoms with E-state index in [1.54, 1.807) is 12.1 Å². The van der Waals surface area contributed by atoms with Crippen molar-refractivity contribution in [3.05, 3.63) is 24.0 Å². The molecule has 108 valence electrons. The maximum atomic E-state index is 11.9. The number of nitrogens with one attached hydrogen (secondary N) is 1. The van der Waals surface area contributed by atoms with E-state index in [-0.39, 0.29) is 18.3 Å². The van der Waals surface area contributed by atoms with Crippen molar-refractivity contribution >= 4 is 11.8 Å². The van der Waals surface area contributed by atoms with Crippen molar-refractivity contribution in [1.82, 2.24) is 10.3 Å². The first-order valence-electron chi connectivity index (χ1n) is 6.86. The highest BCUT2D eigenvalue weighted by Gasteiger charge is 2.20. The molecule has 1 fully saturated rings. The summed E-state index contributed by atoms with van der Waals surface area (Å²) in [6.45, 7) is -0.239. The molecule has 2 rings (SSSR count). The second kappa shape index (κ2) is 7.00. The molecule has 1 aliphatic rings. The quantitative estimate of drug-likeness (QED) is 0.856. The fraction of sp³-hybridized carbons (Fsp3) is 0.500. The van der Waals surface area contributed by atoms with Gasteiger partial charge in [0.15, 0.2) is 11.4 Å². The number of aromatic nitrogens is 1. The maximum Gasteiger partial charge on any atom is 0.280 e. The van der Waals surface area contributed by atoms with Crippen LogP contribution in [0.25, 0.3) is 0 Å². The van der Waals surface area contributed by atoms with Crippen LogP contribution in [0.15, 0.2) is 18.3 Å². The fourth-order valence-corrected chi connectivity index (χ4v) is 2.26. The van der Waals surface area contributed by atoms with E-state index in [0.717, 1.165) is 25.7 Å². The number of carbonyl (C=O) groups is 2. The molecule has 20 heavy (non-hydrogen) atoms. The molecule has 1 saturated carbocycles. The molecule has 0 aromatic carbocycles. The molecule has 1 aliphatic carbocycles. The molecule has 0 unspecified atom stereocenters. The van der Waals surface area contributed by atoms with Crippen molar-refractivity contribution in [2.75, 3.05) is 6.54 Å². The molecule has 0 radical (unpaired) electrons. The molecule has 6 nitrogen and oxygen atoms in total. The standard InChI is InChI=1S/C14H19N3O3/c15-9-12(18)17-14(19)13-11(7-4-8-16-13)20-10-5-2-1-3-6-10/h4,7-8,10H,1-3,5-6,9,15H2,(H,17,18,19). The van der Waals surface area contributed by atoms with Gasteiger partial charge in [0.2, 0.25) is 5.91 Å². The number of amides is 2. The molecular formula is C14H19N3O3. The highest BCUT2D eigenvalue weighted by atomic mass is 16.5. The van der Waals surface area contributed by atoms with Gasteiger partial charge in [-0.05, 0) is 37.8 Å². The van der Waals surface area contributed by atoms with Crippen LogP contribution in [-0.4, -0.2) is 29.4 Å². The Hall–Kier alpha value is -1.95. The lowest BCUT2D eigenvalue weighted by Crippen LogP contribution is -2.36. The van der Waals surface area contributed by atoms with Gasteiger partial charge in [0.1, 0.15) is 0 Å². The zero-order valence-corrected chi connectivity index (χ0v) is 11.3. The summed E-state index contributed by atoms with van der Waals surface area (Å²) in [5.74, 6) is -0.696. The highest BCUT2D eigenvalue weighted by Crippen LogP contribution is 2.24. The highest BCUT2D eigenvalue weighted by molar-refractivity contribution is 6.05. The van der Waals surface area contributed by atoms with E-state index < -0.39 is 11.8 Å². The zero-order chi connectivity index (χ0) is 14.4. The normalized spacial score (nSPS) is 15.7. The Morgan fingerprint density at radius 1 is 1.35 bits per heavy atom. The zero-order valence-electron chi connectivity index (χ0n) is 11.3. The Kier molecular flexibility index (Phi) is 5.06. The first-order chi connectivity index (χ1) is 9.70. The van der Waals surface area contributed by atoms with Crippen LogP contribution in [0.2, 0.25) is 0 Å². The third-order valence-electron chi connectivity index (χ3n) is 3.27. The Morgan fingerprint density at radius 2 is 2.10 bits per heavy atom. The number of ether oxygens (including phenoxy) is 1. The van der Waals surface area contributed by atoms with Crippen molar-refractivity contribution in [1.29, 1.82) is 0 Å². The van der Waals surface area contributed by atoms with E-state index in [4.69, 9.17) is 10.5 Å². The van der Waals surface area contributed by atoms with Gasteiger partial charge >= 0.3 is 0 Å². The molecule has 0 atom stereocenters. The molecule has 1 aromatic heterocycles. The largest absolute Gasteiger partial charge is 0.488 e. The van der Waals surface area contributed by atoms with Gasteiger partial charge < -0.3 is 10.5 Å². The molecule has 1 aromatic rings. The summed E-state index contributed by atoms with van der Waals surface area (Å²) in [5, 5.41) is 2.18. The molecule has 1 heterocycles. The summed E-state index contributed by atoms with van der Waals surface area (Å²) in [5.41, 5.74) is 5.29. The first-order valence-corrected chi connectivity index (χ1v) is 6.86. The predicted octanol–water partition coefficient (Wildman–Crippen LogP) is 1.01. The third kappa shape index (κ3) is 3.77. The van der Waals surface area contributed by atoms with E-state index >= 15 is 0 Å². The Morgan fingerprint density at radius 3 is 2.80 bits per heavy atom. The lowest BCUT2D eigenvalue weighted by molar-refractivity contribution is -0.118. The van der Waals surface area contributed by atoms with Crippen LogP contribution in [-0.2, 0) is 4.79 Å². The summed E-state index contributed by atoms with van der Waals surface area (Å²) in [6.07, 6.45) is 7.08. The molecular weight excluding hydrogens is 258 g/mol. The minimum atomic E-state index is -0.577. The van der Waals surface area contributed by atoms with Crippen LogP contribution < -0.4 is 15.8 Å². The van der Waals surface area contributed by atoms with Crippen LogP contribution in [0.1, 0.15) is 42.6 Å². The van der Waals surface area contributed by atoms with Gasteiger partial charge in [0, 0.05) is 6.20 Å². The minimum Gasteiger partial charge on any atom is -0.488 e. The predicted molar refractivity (Wildman–Crippen MR) is 73.3 cm³/mol. The van der Waals surface area contributed by atoms with Crippen molar-refractivity contribution < 1.29 is 14.3 Å². The molecule has 3 N–H and O–H groups in total. The van der Waals surface area contributed by atoms with Crippen LogP contribution >= 0.6 is 0 Å². The lowest BCUT2D eigenvalue weighted by Gasteiger charge is -2.23. The second-order valence-corrected chi connectivity index (χ2v) is 4.81. The summed E-state index contributed by atoms with van der Waals surface area (Å²) >= 11 is 0. The number of pyridine rings is 1. The Bertz CT molecular complexity index is 484. The average Bonchev–Trinajstić information content (AvgIpc) is 2.48. The molecule has 0 spiro atoms. The van der Waals surface area contributed by atoms with Crippen molar-refractivity contribution in [3.8, 4) is 5.75 Å². The average molecular weight is 277 g/mol. The van der Waals surface area contributed by atoms with Crippen LogP contribution in [0.4, 0.5) is 0 Å². The van der Waals surface area contributed by atoms with E-state index in [1.807, 2.05) is 0 Å². The van der Waals surface area contributed by atoms with E-state index in [9.17, 15) is 9.59 Å². The Labute approximate surface area is 117 Å². The summed E-state index contributed by atoms with van der Waals surface area (Å²) < 4.78 is 5.86. The van der Waals surface area contributed by atoms with Crippen molar-refractivity contribution in [2.45, 2.75) is 38.2 Å². The minimum absolute atomic E-state index is 0.115. The van der Waals surface area contributed by atoms with Crippen molar-refractivity contribution in [2.24, 2.45) is 5.73 Å².